The van der Waals surface area contributed by atoms with E-state index in [1.54, 1.807) is 16.8 Å². The molecule has 1 aromatic rings. The fraction of sp³-hybridized carbons (Fsp3) is 0.667. The minimum absolute atomic E-state index is 0.0378. The molecule has 4 atom stereocenters. The van der Waals surface area contributed by atoms with E-state index in [1.807, 2.05) is 0 Å². The van der Waals surface area contributed by atoms with Gasteiger partial charge in [0.15, 0.2) is 12.0 Å². The Morgan fingerprint density at radius 3 is 2.64 bits per heavy atom. The molecule has 0 aromatic carbocycles. The van der Waals surface area contributed by atoms with Gasteiger partial charge in [0.1, 0.15) is 24.0 Å². The van der Waals surface area contributed by atoms with E-state index >= 15 is 0 Å². The number of aromatic nitrogens is 2. The van der Waals surface area contributed by atoms with Gasteiger partial charge < -0.3 is 35.6 Å². The molecule has 10 nitrogen and oxygen atoms in total. The van der Waals surface area contributed by atoms with Gasteiger partial charge in [-0.15, -0.1) is 0 Å². The molecule has 2 aliphatic heterocycles. The number of ether oxygens (including phenoxy) is 1. The molecule has 2 aliphatic rings. The van der Waals surface area contributed by atoms with Crippen molar-refractivity contribution in [3.05, 3.63) is 10.4 Å². The number of hydrogen-bond acceptors (Lipinski definition) is 9. The van der Waals surface area contributed by atoms with E-state index in [4.69, 9.17) is 10.5 Å². The molecule has 1 saturated heterocycles. The normalized spacial score (nSPS) is 31.0. The maximum Gasteiger partial charge on any atom is 0.280 e. The van der Waals surface area contributed by atoms with Crippen LogP contribution in [-0.4, -0.2) is 69.7 Å². The summed E-state index contributed by atoms with van der Waals surface area (Å²) in [5.74, 6) is 0.328. The van der Waals surface area contributed by atoms with E-state index in [1.165, 1.54) is 11.6 Å². The molecule has 10 heteroatoms. The molecule has 3 rings (SSSR count). The predicted molar refractivity (Wildman–Crippen MR) is 77.4 cm³/mol. The molecule has 4 unspecified atom stereocenters. The maximum atomic E-state index is 12.3. The second kappa shape index (κ2) is 5.09. The Bertz CT molecular complexity index is 650. The van der Waals surface area contributed by atoms with E-state index in [9.17, 15) is 20.1 Å². The van der Waals surface area contributed by atoms with Crippen LogP contribution in [0.2, 0.25) is 0 Å². The first-order chi connectivity index (χ1) is 10.4. The number of nitrogens with two attached hydrogens (primary N) is 1. The molecular formula is C12H19N5O5. The zero-order chi connectivity index (χ0) is 16.2. The van der Waals surface area contributed by atoms with Gasteiger partial charge in [-0.25, -0.2) is 0 Å². The van der Waals surface area contributed by atoms with Crippen LogP contribution in [0.15, 0.2) is 4.79 Å². The lowest BCUT2D eigenvalue weighted by Crippen LogP contribution is -2.45. The maximum absolute atomic E-state index is 12.3. The Kier molecular flexibility index (Phi) is 3.48. The standard InChI is InChI=1S/C12H19N5O5/c1-15-4-17(11-8(20)7(19)5(3-18)22-11)9-6(15)10(21)16(2)12(13)14-9/h5,7-8,11,18-20H,3-4H2,1-2H3,(H2,13,14). The van der Waals surface area contributed by atoms with Crippen LogP contribution < -0.4 is 21.1 Å². The Balaban J connectivity index is 2.02. The van der Waals surface area contributed by atoms with Crippen LogP contribution in [-0.2, 0) is 11.8 Å². The van der Waals surface area contributed by atoms with Crippen molar-refractivity contribution >= 4 is 17.5 Å². The van der Waals surface area contributed by atoms with Crippen molar-refractivity contribution in [1.29, 1.82) is 0 Å². The number of hydrogen-bond donors (Lipinski definition) is 4. The van der Waals surface area contributed by atoms with Crippen molar-refractivity contribution in [3.63, 3.8) is 0 Å². The quantitative estimate of drug-likeness (QED) is 0.450. The van der Waals surface area contributed by atoms with Gasteiger partial charge in [0.25, 0.3) is 5.56 Å². The molecule has 0 amide bonds. The van der Waals surface area contributed by atoms with Crippen LogP contribution in [0.3, 0.4) is 0 Å². The molecular weight excluding hydrogens is 294 g/mol. The van der Waals surface area contributed by atoms with Crippen LogP contribution in [0.25, 0.3) is 0 Å². The largest absolute Gasteiger partial charge is 0.394 e. The van der Waals surface area contributed by atoms with Crippen LogP contribution in [0.4, 0.5) is 17.5 Å². The Hall–Kier alpha value is -1.88. The zero-order valence-corrected chi connectivity index (χ0v) is 12.2. The number of fused-ring (bicyclic) bond motifs is 1. The highest BCUT2D eigenvalue weighted by atomic mass is 16.6. The molecule has 0 bridgehead atoms. The Labute approximate surface area is 126 Å². The fourth-order valence-electron chi connectivity index (χ4n) is 2.83. The van der Waals surface area contributed by atoms with Gasteiger partial charge >= 0.3 is 0 Å². The summed E-state index contributed by atoms with van der Waals surface area (Å²) in [5.41, 5.74) is 5.77. The van der Waals surface area contributed by atoms with Crippen molar-refractivity contribution in [2.45, 2.75) is 24.5 Å². The zero-order valence-electron chi connectivity index (χ0n) is 12.2. The summed E-state index contributed by atoms with van der Waals surface area (Å²) < 4.78 is 6.73. The van der Waals surface area contributed by atoms with Gasteiger partial charge in [0, 0.05) is 14.1 Å². The summed E-state index contributed by atoms with van der Waals surface area (Å²) in [6, 6.07) is 0. The van der Waals surface area contributed by atoms with Crippen molar-refractivity contribution in [2.75, 3.05) is 35.9 Å². The molecule has 1 fully saturated rings. The average molecular weight is 313 g/mol. The highest BCUT2D eigenvalue weighted by Crippen LogP contribution is 2.36. The van der Waals surface area contributed by atoms with E-state index in [0.717, 1.165) is 0 Å². The molecule has 122 valence electrons. The first-order valence-electron chi connectivity index (χ1n) is 6.83. The summed E-state index contributed by atoms with van der Waals surface area (Å²) in [6.45, 7) is -0.176. The van der Waals surface area contributed by atoms with Crippen LogP contribution in [0.1, 0.15) is 0 Å². The number of rotatable bonds is 2. The van der Waals surface area contributed by atoms with E-state index in [2.05, 4.69) is 4.98 Å². The summed E-state index contributed by atoms with van der Waals surface area (Å²) in [5, 5.41) is 29.2. The third kappa shape index (κ3) is 1.96. The van der Waals surface area contributed by atoms with E-state index < -0.39 is 31.1 Å². The van der Waals surface area contributed by atoms with Crippen molar-refractivity contribution in [3.8, 4) is 0 Å². The van der Waals surface area contributed by atoms with Gasteiger partial charge in [-0.2, -0.15) is 4.98 Å². The third-order valence-electron chi connectivity index (χ3n) is 4.13. The summed E-state index contributed by atoms with van der Waals surface area (Å²) in [7, 11) is 3.23. The molecule has 0 aliphatic carbocycles. The van der Waals surface area contributed by atoms with Crippen LogP contribution >= 0.6 is 0 Å². The SMILES string of the molecule is CN1CN(C2OC(CO)C(O)C2O)c2nc(N)n(C)c(=O)c21. The monoisotopic (exact) mass is 313 g/mol. The minimum atomic E-state index is -1.23. The smallest absolute Gasteiger partial charge is 0.280 e. The second-order valence-electron chi connectivity index (χ2n) is 5.54. The van der Waals surface area contributed by atoms with E-state index in [-0.39, 0.29) is 24.0 Å². The number of nitrogen functional groups attached to an aromatic ring is 1. The molecule has 5 N–H and O–H groups in total. The van der Waals surface area contributed by atoms with Crippen LogP contribution in [0, 0.1) is 0 Å². The molecule has 3 heterocycles. The van der Waals surface area contributed by atoms with Crippen molar-refractivity contribution in [2.24, 2.45) is 7.05 Å². The lowest BCUT2D eigenvalue weighted by Gasteiger charge is -2.27. The van der Waals surface area contributed by atoms with Gasteiger partial charge in [-0.1, -0.05) is 0 Å². The van der Waals surface area contributed by atoms with E-state index in [0.29, 0.717) is 5.69 Å². The lowest BCUT2D eigenvalue weighted by atomic mass is 10.1. The molecule has 0 saturated carbocycles. The second-order valence-corrected chi connectivity index (χ2v) is 5.54. The Morgan fingerprint density at radius 2 is 2.05 bits per heavy atom. The van der Waals surface area contributed by atoms with Gasteiger partial charge in [0.05, 0.1) is 13.3 Å². The minimum Gasteiger partial charge on any atom is -0.394 e. The Morgan fingerprint density at radius 1 is 1.36 bits per heavy atom. The number of anilines is 3. The molecule has 0 radical (unpaired) electrons. The third-order valence-corrected chi connectivity index (χ3v) is 4.13. The highest BCUT2D eigenvalue weighted by Gasteiger charge is 2.48. The van der Waals surface area contributed by atoms with Gasteiger partial charge in [-0.05, 0) is 0 Å². The molecule has 0 spiro atoms. The van der Waals surface area contributed by atoms with Crippen LogP contribution in [0.5, 0.6) is 0 Å². The first-order valence-corrected chi connectivity index (χ1v) is 6.83. The summed E-state index contributed by atoms with van der Waals surface area (Å²) in [6.07, 6.45) is -4.26. The fourth-order valence-corrected chi connectivity index (χ4v) is 2.83. The van der Waals surface area contributed by atoms with Crippen molar-refractivity contribution < 1.29 is 20.1 Å². The molecule has 22 heavy (non-hydrogen) atoms. The predicted octanol–water partition coefficient (Wildman–Crippen LogP) is -2.98. The highest BCUT2D eigenvalue weighted by molar-refractivity contribution is 5.72. The average Bonchev–Trinajstić information content (AvgIpc) is 2.95. The number of aliphatic hydroxyl groups is 3. The summed E-state index contributed by atoms with van der Waals surface area (Å²) >= 11 is 0. The van der Waals surface area contributed by atoms with Crippen molar-refractivity contribution in [1.82, 2.24) is 9.55 Å². The van der Waals surface area contributed by atoms with Gasteiger partial charge in [-0.3, -0.25) is 9.36 Å². The topological polar surface area (TPSA) is 137 Å². The van der Waals surface area contributed by atoms with Gasteiger partial charge in [0.2, 0.25) is 5.95 Å². The lowest BCUT2D eigenvalue weighted by molar-refractivity contribution is -0.0221. The number of aliphatic hydroxyl groups excluding tert-OH is 3. The number of nitrogens with zero attached hydrogens (tertiary/aromatic N) is 4. The molecule has 1 aromatic heterocycles. The first kappa shape index (κ1) is 15.0. The summed E-state index contributed by atoms with van der Waals surface area (Å²) in [4.78, 5) is 19.7.